The van der Waals surface area contributed by atoms with Crippen LogP contribution < -0.4 is 4.74 Å². The molecule has 1 N–H and O–H groups in total. The molecule has 110 valence electrons. The van der Waals surface area contributed by atoms with Gasteiger partial charge in [0, 0.05) is 18.0 Å². The van der Waals surface area contributed by atoms with E-state index in [1.807, 2.05) is 12.1 Å². The van der Waals surface area contributed by atoms with E-state index in [1.165, 1.54) is 5.56 Å². The van der Waals surface area contributed by atoms with Crippen LogP contribution in [0.3, 0.4) is 0 Å². The van der Waals surface area contributed by atoms with Gasteiger partial charge in [0.05, 0.1) is 11.0 Å². The predicted molar refractivity (Wildman–Crippen MR) is 76.5 cm³/mol. The summed E-state index contributed by atoms with van der Waals surface area (Å²) in [5.74, 6) is 0.987. The highest BCUT2D eigenvalue weighted by Gasteiger charge is 2.72. The van der Waals surface area contributed by atoms with Gasteiger partial charge in [-0.25, -0.2) is 0 Å². The van der Waals surface area contributed by atoms with E-state index in [4.69, 9.17) is 4.74 Å². The van der Waals surface area contributed by atoms with E-state index in [2.05, 4.69) is 18.0 Å². The highest BCUT2D eigenvalue weighted by Crippen LogP contribution is 2.62. The average molecular weight is 285 g/mol. The first-order valence-electron chi connectivity index (χ1n) is 7.82. The maximum Gasteiger partial charge on any atom is 0.174 e. The van der Waals surface area contributed by atoms with Crippen molar-refractivity contribution in [1.29, 1.82) is 0 Å². The number of carbonyl (C=O) groups is 1. The molecule has 5 rings (SSSR count). The Balaban J connectivity index is 1.87. The topological polar surface area (TPSA) is 49.8 Å². The molecule has 1 aromatic rings. The number of hydrogen-bond acceptors (Lipinski definition) is 4. The van der Waals surface area contributed by atoms with Crippen LogP contribution in [-0.2, 0) is 16.6 Å². The number of aliphatic hydroxyl groups is 1. The fraction of sp³-hybridized carbons (Fsp3) is 0.588. The smallest absolute Gasteiger partial charge is 0.174 e. The van der Waals surface area contributed by atoms with E-state index in [-0.39, 0.29) is 11.8 Å². The van der Waals surface area contributed by atoms with Gasteiger partial charge >= 0.3 is 0 Å². The number of likely N-dealkylation sites (N-methyl/N-ethyl adjacent to an activating group) is 1. The van der Waals surface area contributed by atoms with Gasteiger partial charge in [-0.2, -0.15) is 0 Å². The van der Waals surface area contributed by atoms with E-state index in [1.54, 1.807) is 0 Å². The van der Waals surface area contributed by atoms with Crippen LogP contribution in [0, 0.1) is 0 Å². The molecule has 2 unspecified atom stereocenters. The van der Waals surface area contributed by atoms with Crippen molar-refractivity contribution in [3.05, 3.63) is 29.3 Å². The molecule has 0 aromatic heterocycles. The molecule has 4 nitrogen and oxygen atoms in total. The van der Waals surface area contributed by atoms with Gasteiger partial charge in [0.15, 0.2) is 11.9 Å². The standard InChI is InChI=1S/C17H19NO3/c1-18-8-7-16-14-10-3-2-4-12(14)21-15(16)11(19)5-6-17(16,20)13(18)9-10/h2-4,13,15,20H,5-9H2,1H3/t13-,15?,16+,17?/m1/s1. The van der Waals surface area contributed by atoms with Crippen LogP contribution in [0.4, 0.5) is 0 Å². The van der Waals surface area contributed by atoms with Crippen molar-refractivity contribution in [2.24, 2.45) is 0 Å². The molecule has 2 fully saturated rings. The fourth-order valence-electron chi connectivity index (χ4n) is 5.50. The Bertz CT molecular complexity index is 672. The molecule has 2 bridgehead atoms. The first-order valence-corrected chi connectivity index (χ1v) is 7.82. The van der Waals surface area contributed by atoms with Gasteiger partial charge in [-0.1, -0.05) is 12.1 Å². The number of carbonyl (C=O) groups excluding carboxylic acids is 1. The molecule has 4 aliphatic rings. The number of likely N-dealkylation sites (tertiary alicyclic amines) is 1. The van der Waals surface area contributed by atoms with Crippen LogP contribution in [0.25, 0.3) is 0 Å². The maximum atomic E-state index is 12.5. The number of piperidine rings is 1. The minimum Gasteiger partial charge on any atom is -0.481 e. The molecule has 1 saturated heterocycles. The quantitative estimate of drug-likeness (QED) is 0.774. The Hall–Kier alpha value is -1.39. The normalized spacial score (nSPS) is 43.4. The minimum absolute atomic E-state index is 0.0892. The maximum absolute atomic E-state index is 12.5. The zero-order valence-electron chi connectivity index (χ0n) is 12.1. The molecule has 0 amide bonds. The third-order valence-electron chi connectivity index (χ3n) is 6.42. The molecule has 1 spiro atoms. The number of ketones is 1. The summed E-state index contributed by atoms with van der Waals surface area (Å²) in [6.45, 7) is 0.911. The van der Waals surface area contributed by atoms with Crippen molar-refractivity contribution in [2.45, 2.75) is 48.8 Å². The summed E-state index contributed by atoms with van der Waals surface area (Å²) >= 11 is 0. The van der Waals surface area contributed by atoms with Gasteiger partial charge in [0.1, 0.15) is 5.75 Å². The molecule has 1 saturated carbocycles. The fourth-order valence-corrected chi connectivity index (χ4v) is 5.50. The van der Waals surface area contributed by atoms with Crippen LogP contribution in [0.5, 0.6) is 5.75 Å². The monoisotopic (exact) mass is 285 g/mol. The summed E-state index contributed by atoms with van der Waals surface area (Å²) in [5.41, 5.74) is 1.04. The predicted octanol–water partition coefficient (Wildman–Crippen LogP) is 1.04. The largest absolute Gasteiger partial charge is 0.481 e. The number of rotatable bonds is 0. The Kier molecular flexibility index (Phi) is 2.03. The molecular weight excluding hydrogens is 266 g/mol. The van der Waals surface area contributed by atoms with Crippen molar-refractivity contribution in [2.75, 3.05) is 13.6 Å². The summed E-state index contributed by atoms with van der Waals surface area (Å²) in [6, 6.07) is 6.19. The van der Waals surface area contributed by atoms with Crippen molar-refractivity contribution in [3.63, 3.8) is 0 Å². The van der Waals surface area contributed by atoms with Crippen molar-refractivity contribution in [1.82, 2.24) is 4.90 Å². The van der Waals surface area contributed by atoms with Crippen molar-refractivity contribution < 1.29 is 14.6 Å². The van der Waals surface area contributed by atoms with E-state index in [0.29, 0.717) is 12.8 Å². The van der Waals surface area contributed by atoms with Gasteiger partial charge in [-0.15, -0.1) is 0 Å². The lowest BCUT2D eigenvalue weighted by molar-refractivity contribution is -0.185. The van der Waals surface area contributed by atoms with Gasteiger partial charge in [-0.05, 0) is 44.5 Å². The van der Waals surface area contributed by atoms with Crippen LogP contribution in [0.2, 0.25) is 0 Å². The molecule has 4 atom stereocenters. The number of Topliss-reactive ketones (excluding diaryl/α,β-unsaturated/α-hetero) is 1. The summed E-state index contributed by atoms with van der Waals surface area (Å²) in [7, 11) is 2.09. The van der Waals surface area contributed by atoms with Crippen LogP contribution >= 0.6 is 0 Å². The first kappa shape index (κ1) is 12.2. The Morgan fingerprint density at radius 3 is 3.10 bits per heavy atom. The average Bonchev–Trinajstić information content (AvgIpc) is 2.81. The molecule has 4 heteroatoms. The second-order valence-electron chi connectivity index (χ2n) is 7.10. The molecule has 21 heavy (non-hydrogen) atoms. The molecule has 2 aliphatic carbocycles. The highest BCUT2D eigenvalue weighted by molar-refractivity contribution is 5.89. The van der Waals surface area contributed by atoms with Crippen LogP contribution in [0.1, 0.15) is 30.4 Å². The Labute approximate surface area is 123 Å². The summed E-state index contributed by atoms with van der Waals surface area (Å²) < 4.78 is 6.06. The van der Waals surface area contributed by atoms with Gasteiger partial charge in [0.2, 0.25) is 0 Å². The van der Waals surface area contributed by atoms with Gasteiger partial charge in [0.25, 0.3) is 0 Å². The Morgan fingerprint density at radius 2 is 2.24 bits per heavy atom. The lowest BCUT2D eigenvalue weighted by Crippen LogP contribution is -2.76. The summed E-state index contributed by atoms with van der Waals surface area (Å²) in [6.07, 6.45) is 2.16. The van der Waals surface area contributed by atoms with E-state index in [0.717, 1.165) is 30.7 Å². The van der Waals surface area contributed by atoms with Crippen LogP contribution in [-0.4, -0.2) is 47.1 Å². The van der Waals surface area contributed by atoms with E-state index in [9.17, 15) is 9.90 Å². The number of nitrogens with zero attached hydrogens (tertiary/aromatic N) is 1. The Morgan fingerprint density at radius 1 is 1.38 bits per heavy atom. The lowest BCUT2D eigenvalue weighted by Gasteiger charge is -2.62. The number of benzene rings is 1. The minimum atomic E-state index is -0.835. The van der Waals surface area contributed by atoms with Crippen LogP contribution in [0.15, 0.2) is 18.2 Å². The highest BCUT2D eigenvalue weighted by atomic mass is 16.5. The SMILES string of the molecule is CN1CC[C@]23c4c5cccc4OC2C(=O)CCC3(O)[C@H]1C5. The second kappa shape index (κ2) is 3.50. The third-order valence-corrected chi connectivity index (χ3v) is 6.42. The molecule has 2 heterocycles. The van der Waals surface area contributed by atoms with Crippen molar-refractivity contribution in [3.8, 4) is 5.75 Å². The summed E-state index contributed by atoms with van der Waals surface area (Å²) in [4.78, 5) is 14.8. The zero-order chi connectivity index (χ0) is 14.4. The van der Waals surface area contributed by atoms with E-state index >= 15 is 0 Å². The van der Waals surface area contributed by atoms with E-state index < -0.39 is 17.1 Å². The van der Waals surface area contributed by atoms with Crippen molar-refractivity contribution >= 4 is 5.78 Å². The molecule has 2 aliphatic heterocycles. The van der Waals surface area contributed by atoms with Gasteiger partial charge < -0.3 is 14.7 Å². The summed E-state index contributed by atoms with van der Waals surface area (Å²) in [5, 5.41) is 11.6. The molecule has 0 radical (unpaired) electrons. The first-order chi connectivity index (χ1) is 10.1. The van der Waals surface area contributed by atoms with Gasteiger partial charge in [-0.3, -0.25) is 4.79 Å². The molecular formula is C17H19NO3. The second-order valence-corrected chi connectivity index (χ2v) is 7.10. The molecule has 1 aromatic carbocycles. The third kappa shape index (κ3) is 1.12. The lowest BCUT2D eigenvalue weighted by atomic mass is 9.49. The zero-order valence-corrected chi connectivity index (χ0v) is 12.1. The number of ether oxygens (including phenoxy) is 1. The number of hydrogen-bond donors (Lipinski definition) is 1.